The summed E-state index contributed by atoms with van der Waals surface area (Å²) in [4.78, 5) is 4.08. The first-order valence-electron chi connectivity index (χ1n) is 8.82. The van der Waals surface area contributed by atoms with Gasteiger partial charge in [-0.15, -0.1) is 0 Å². The van der Waals surface area contributed by atoms with Gasteiger partial charge in [0.25, 0.3) is 0 Å². The lowest BCUT2D eigenvalue weighted by molar-refractivity contribution is -0.137. The fraction of sp³-hybridized carbons (Fsp3) is 0.368. The summed E-state index contributed by atoms with van der Waals surface area (Å²) in [6.45, 7) is 7.59. The third-order valence-electron chi connectivity index (χ3n) is 4.28. The van der Waals surface area contributed by atoms with Gasteiger partial charge in [-0.3, -0.25) is 0 Å². The van der Waals surface area contributed by atoms with Crippen LogP contribution in [0.15, 0.2) is 36.5 Å². The van der Waals surface area contributed by atoms with Crippen LogP contribution in [0.4, 0.5) is 13.2 Å². The number of aromatic nitrogens is 3. The maximum Gasteiger partial charge on any atom is 0.416 e. The highest BCUT2D eigenvalue weighted by Crippen LogP contribution is 2.34. The van der Waals surface area contributed by atoms with E-state index in [9.17, 15) is 13.2 Å². The highest BCUT2D eigenvalue weighted by molar-refractivity contribution is 6.76. The van der Waals surface area contributed by atoms with E-state index in [1.54, 1.807) is 23.0 Å². The second kappa shape index (κ2) is 7.85. The Balaban J connectivity index is 1.96. The molecule has 3 rings (SSSR count). The molecule has 0 unspecified atom stereocenters. The molecular formula is C19H21ClF3N3OSi. The molecule has 0 amide bonds. The van der Waals surface area contributed by atoms with Crippen molar-refractivity contribution >= 4 is 30.6 Å². The molecule has 0 radical (unpaired) electrons. The molecule has 0 saturated heterocycles. The summed E-state index contributed by atoms with van der Waals surface area (Å²) in [5, 5.41) is 5.38. The lowest BCUT2D eigenvalue weighted by atomic mass is 10.1. The minimum absolute atomic E-state index is 0.198. The first-order chi connectivity index (χ1) is 13.0. The summed E-state index contributed by atoms with van der Waals surface area (Å²) < 4.78 is 46.7. The minimum Gasteiger partial charge on any atom is -0.360 e. The van der Waals surface area contributed by atoms with Crippen LogP contribution in [0, 0.1) is 0 Å². The van der Waals surface area contributed by atoms with E-state index in [0.717, 1.165) is 18.2 Å². The molecule has 0 aliphatic carbocycles. The van der Waals surface area contributed by atoms with Crippen molar-refractivity contribution in [2.45, 2.75) is 38.6 Å². The largest absolute Gasteiger partial charge is 0.416 e. The van der Waals surface area contributed by atoms with Gasteiger partial charge in [-0.05, 0) is 24.2 Å². The smallest absolute Gasteiger partial charge is 0.360 e. The van der Waals surface area contributed by atoms with Crippen molar-refractivity contribution < 1.29 is 17.9 Å². The minimum atomic E-state index is -4.42. The van der Waals surface area contributed by atoms with E-state index in [1.807, 2.05) is 0 Å². The molecule has 3 aromatic rings. The predicted octanol–water partition coefficient (Wildman–Crippen LogP) is 6.08. The van der Waals surface area contributed by atoms with Crippen molar-refractivity contribution in [2.75, 3.05) is 6.61 Å². The number of alkyl halides is 3. The number of fused-ring (bicyclic) bond motifs is 1. The highest BCUT2D eigenvalue weighted by atomic mass is 35.5. The molecule has 0 aliphatic heterocycles. The fourth-order valence-corrected chi connectivity index (χ4v) is 3.64. The van der Waals surface area contributed by atoms with E-state index in [-0.39, 0.29) is 11.9 Å². The van der Waals surface area contributed by atoms with Gasteiger partial charge in [-0.25, -0.2) is 9.67 Å². The molecule has 0 saturated carbocycles. The van der Waals surface area contributed by atoms with E-state index in [1.165, 1.54) is 6.07 Å². The summed E-state index contributed by atoms with van der Waals surface area (Å²) in [6.07, 6.45) is -2.86. The van der Waals surface area contributed by atoms with Crippen molar-refractivity contribution in [3.05, 3.63) is 47.2 Å². The average Bonchev–Trinajstić information content (AvgIpc) is 2.95. The lowest BCUT2D eigenvalue weighted by Gasteiger charge is -2.15. The lowest BCUT2D eigenvalue weighted by Crippen LogP contribution is -2.22. The van der Waals surface area contributed by atoms with Gasteiger partial charge in [0.1, 0.15) is 17.6 Å². The molecule has 2 heterocycles. The Hall–Kier alpha value is -1.90. The molecule has 0 atom stereocenters. The Morgan fingerprint density at radius 1 is 1.18 bits per heavy atom. The van der Waals surface area contributed by atoms with Crippen LogP contribution < -0.4 is 0 Å². The zero-order valence-electron chi connectivity index (χ0n) is 15.8. The summed E-state index contributed by atoms with van der Waals surface area (Å²) >= 11 is 6.01. The van der Waals surface area contributed by atoms with Crippen molar-refractivity contribution in [1.82, 2.24) is 14.8 Å². The van der Waals surface area contributed by atoms with Crippen LogP contribution >= 0.6 is 11.6 Å². The zero-order valence-corrected chi connectivity index (χ0v) is 17.6. The molecule has 150 valence electrons. The van der Waals surface area contributed by atoms with Gasteiger partial charge in [0, 0.05) is 25.6 Å². The van der Waals surface area contributed by atoms with Crippen LogP contribution in [0.1, 0.15) is 5.56 Å². The molecule has 28 heavy (non-hydrogen) atoms. The molecule has 0 N–H and O–H groups in total. The third kappa shape index (κ3) is 4.92. The van der Waals surface area contributed by atoms with Crippen LogP contribution in [-0.4, -0.2) is 29.4 Å². The second-order valence-corrected chi connectivity index (χ2v) is 13.8. The first-order valence-corrected chi connectivity index (χ1v) is 12.9. The molecule has 0 spiro atoms. The molecule has 0 fully saturated rings. The van der Waals surface area contributed by atoms with Crippen molar-refractivity contribution in [2.24, 2.45) is 0 Å². The Morgan fingerprint density at radius 2 is 1.93 bits per heavy atom. The topological polar surface area (TPSA) is 39.9 Å². The second-order valence-electron chi connectivity index (χ2n) is 7.80. The van der Waals surface area contributed by atoms with E-state index >= 15 is 0 Å². The van der Waals surface area contributed by atoms with Gasteiger partial charge in [0.2, 0.25) is 0 Å². The highest BCUT2D eigenvalue weighted by Gasteiger charge is 2.30. The predicted molar refractivity (Wildman–Crippen MR) is 107 cm³/mol. The molecular weight excluding hydrogens is 407 g/mol. The monoisotopic (exact) mass is 427 g/mol. The van der Waals surface area contributed by atoms with E-state index in [4.69, 9.17) is 16.3 Å². The summed E-state index contributed by atoms with van der Waals surface area (Å²) in [6, 6.07) is 7.72. The Morgan fingerprint density at radius 3 is 2.61 bits per heavy atom. The van der Waals surface area contributed by atoms with Crippen LogP contribution in [0.2, 0.25) is 30.8 Å². The average molecular weight is 428 g/mol. The maximum atomic E-state index is 13.1. The van der Waals surface area contributed by atoms with Crippen molar-refractivity contribution in [3.63, 3.8) is 0 Å². The van der Waals surface area contributed by atoms with E-state index in [0.29, 0.717) is 28.8 Å². The number of hydrogen-bond donors (Lipinski definition) is 0. The third-order valence-corrected chi connectivity index (χ3v) is 6.19. The number of rotatable bonds is 6. The summed E-state index contributed by atoms with van der Waals surface area (Å²) in [5.41, 5.74) is 0.714. The number of hydrogen-bond acceptors (Lipinski definition) is 3. The van der Waals surface area contributed by atoms with Gasteiger partial charge in [0.05, 0.1) is 17.3 Å². The molecule has 1 aromatic carbocycles. The summed E-state index contributed by atoms with van der Waals surface area (Å²) in [5.74, 6) is 0. The molecule has 2 aromatic heterocycles. The summed E-state index contributed by atoms with van der Waals surface area (Å²) in [7, 11) is -1.22. The first kappa shape index (κ1) is 20.8. The van der Waals surface area contributed by atoms with Crippen molar-refractivity contribution in [1.29, 1.82) is 0 Å². The molecule has 9 heteroatoms. The number of ether oxygens (including phenoxy) is 1. The number of halogens is 4. The molecule has 0 aliphatic rings. The molecule has 4 nitrogen and oxygen atoms in total. The normalized spacial score (nSPS) is 12.7. The van der Waals surface area contributed by atoms with Gasteiger partial charge < -0.3 is 4.74 Å². The SMILES string of the molecule is C[Si](C)(C)CCOCn1nc(-c2cccc(C(F)(F)F)c2)c2cc(Cl)ncc21. The van der Waals surface area contributed by atoms with Gasteiger partial charge in [-0.2, -0.15) is 18.3 Å². The number of pyridine rings is 1. The Kier molecular flexibility index (Phi) is 5.83. The van der Waals surface area contributed by atoms with Gasteiger partial charge in [0.15, 0.2) is 0 Å². The number of benzene rings is 1. The quantitative estimate of drug-likeness (QED) is 0.272. The zero-order chi connectivity index (χ0) is 20.5. The number of nitrogens with zero attached hydrogens (tertiary/aromatic N) is 3. The standard InChI is InChI=1S/C19H21ClF3N3OSi/c1-28(2,3)8-7-27-12-26-16-11-24-17(20)10-15(16)18(25-26)13-5-4-6-14(9-13)19(21,22)23/h4-6,9-11H,7-8,12H2,1-3H3. The van der Waals surface area contributed by atoms with Crippen LogP contribution in [0.5, 0.6) is 0 Å². The van der Waals surface area contributed by atoms with Gasteiger partial charge >= 0.3 is 6.18 Å². The van der Waals surface area contributed by atoms with E-state index < -0.39 is 19.8 Å². The van der Waals surface area contributed by atoms with Crippen molar-refractivity contribution in [3.8, 4) is 11.3 Å². The maximum absolute atomic E-state index is 13.1. The van der Waals surface area contributed by atoms with Gasteiger partial charge in [-0.1, -0.05) is 43.4 Å². The van der Waals surface area contributed by atoms with Crippen LogP contribution in [-0.2, 0) is 17.6 Å². The van der Waals surface area contributed by atoms with Crippen LogP contribution in [0.25, 0.3) is 22.2 Å². The fourth-order valence-electron chi connectivity index (χ4n) is 2.73. The van der Waals surface area contributed by atoms with E-state index in [2.05, 4.69) is 29.7 Å². The molecule has 0 bridgehead atoms. The Bertz CT molecular complexity index is 983. The Labute approximate surface area is 167 Å². The van der Waals surface area contributed by atoms with Crippen LogP contribution in [0.3, 0.4) is 0 Å².